The highest BCUT2D eigenvalue weighted by Gasteiger charge is 2.18. The zero-order valence-corrected chi connectivity index (χ0v) is 18.0. The number of anilines is 2. The minimum Gasteiger partial charge on any atom is -0.356 e. The monoisotopic (exact) mass is 391 g/mol. The Balaban J connectivity index is 1.80. The molecule has 2 aromatic carbocycles. The number of ketones is 1. The van der Waals surface area contributed by atoms with Gasteiger partial charge in [-0.3, -0.25) is 4.79 Å². The van der Waals surface area contributed by atoms with E-state index < -0.39 is 0 Å². The van der Waals surface area contributed by atoms with Gasteiger partial charge in [0.05, 0.1) is 4.88 Å². The molecule has 0 bridgehead atoms. The number of benzene rings is 2. The molecule has 0 aliphatic heterocycles. The minimum atomic E-state index is 0.132. The van der Waals surface area contributed by atoms with Crippen LogP contribution in [-0.4, -0.2) is 5.78 Å². The first-order chi connectivity index (χ1) is 13.5. The summed E-state index contributed by atoms with van der Waals surface area (Å²) in [6.45, 7) is 8.59. The lowest BCUT2D eigenvalue weighted by Crippen LogP contribution is -2.11. The molecular weight excluding hydrogens is 362 g/mol. The molecule has 3 aromatic rings. The normalized spacial score (nSPS) is 11.2. The Bertz CT molecular complexity index is 937. The van der Waals surface area contributed by atoms with Crippen molar-refractivity contribution >= 4 is 28.5 Å². The van der Waals surface area contributed by atoms with Crippen LogP contribution < -0.4 is 5.32 Å². The first-order valence-corrected chi connectivity index (χ1v) is 10.9. The van der Waals surface area contributed by atoms with Crippen molar-refractivity contribution in [3.8, 4) is 10.4 Å². The lowest BCUT2D eigenvalue weighted by atomic mass is 9.97. The van der Waals surface area contributed by atoms with Gasteiger partial charge in [0.25, 0.3) is 0 Å². The summed E-state index contributed by atoms with van der Waals surface area (Å²) in [4.78, 5) is 14.6. The van der Waals surface area contributed by atoms with Gasteiger partial charge in [0.1, 0.15) is 0 Å². The van der Waals surface area contributed by atoms with E-state index in [-0.39, 0.29) is 11.7 Å². The standard InChI is InChI=1S/C25H29NOS/c1-5-18(6-2)25(27)24-14-13-23(28-24)20-10-8-12-22(16-20)26-21-11-7-9-19(15-21)17(3)4/h7-18,26H,5-6H2,1-4H3. The average molecular weight is 392 g/mol. The summed E-state index contributed by atoms with van der Waals surface area (Å²) in [6.07, 6.45) is 1.80. The molecule has 0 unspecified atom stereocenters. The Morgan fingerprint density at radius 3 is 2.29 bits per heavy atom. The van der Waals surface area contributed by atoms with Gasteiger partial charge in [-0.2, -0.15) is 0 Å². The number of nitrogens with one attached hydrogen (secondary N) is 1. The number of carbonyl (C=O) groups excluding carboxylic acids is 1. The van der Waals surface area contributed by atoms with Gasteiger partial charge in [-0.25, -0.2) is 0 Å². The van der Waals surface area contributed by atoms with Crippen LogP contribution in [0.4, 0.5) is 11.4 Å². The van der Waals surface area contributed by atoms with Gasteiger partial charge >= 0.3 is 0 Å². The Labute approximate surface area is 172 Å². The van der Waals surface area contributed by atoms with Crippen molar-refractivity contribution in [2.45, 2.75) is 46.5 Å². The minimum absolute atomic E-state index is 0.132. The van der Waals surface area contributed by atoms with Crippen LogP contribution in [0.15, 0.2) is 60.7 Å². The van der Waals surface area contributed by atoms with Crippen molar-refractivity contribution in [2.75, 3.05) is 5.32 Å². The molecule has 146 valence electrons. The Hall–Kier alpha value is -2.39. The number of thiophene rings is 1. The molecule has 0 saturated carbocycles. The maximum atomic E-state index is 12.6. The Morgan fingerprint density at radius 2 is 1.61 bits per heavy atom. The molecule has 0 fully saturated rings. The highest BCUT2D eigenvalue weighted by atomic mass is 32.1. The van der Waals surface area contributed by atoms with Crippen molar-refractivity contribution in [3.05, 3.63) is 71.1 Å². The molecule has 0 aliphatic rings. The van der Waals surface area contributed by atoms with Crippen LogP contribution in [0.5, 0.6) is 0 Å². The number of carbonyl (C=O) groups is 1. The number of hydrogen-bond donors (Lipinski definition) is 1. The van der Waals surface area contributed by atoms with E-state index in [1.165, 1.54) is 5.56 Å². The van der Waals surface area contributed by atoms with E-state index in [2.05, 4.69) is 87.6 Å². The van der Waals surface area contributed by atoms with Gasteiger partial charge in [-0.15, -0.1) is 11.3 Å². The van der Waals surface area contributed by atoms with Crippen molar-refractivity contribution in [1.29, 1.82) is 0 Å². The summed E-state index contributed by atoms with van der Waals surface area (Å²) >= 11 is 1.60. The predicted molar refractivity (Wildman–Crippen MR) is 122 cm³/mol. The molecule has 0 saturated heterocycles. The van der Waals surface area contributed by atoms with Gasteiger partial charge in [0.2, 0.25) is 0 Å². The van der Waals surface area contributed by atoms with E-state index in [4.69, 9.17) is 0 Å². The van der Waals surface area contributed by atoms with Gasteiger partial charge in [-0.05, 0) is 66.3 Å². The van der Waals surface area contributed by atoms with E-state index >= 15 is 0 Å². The van der Waals surface area contributed by atoms with Gasteiger partial charge < -0.3 is 5.32 Å². The largest absolute Gasteiger partial charge is 0.356 e. The topological polar surface area (TPSA) is 29.1 Å². The molecule has 1 heterocycles. The highest BCUT2D eigenvalue weighted by Crippen LogP contribution is 2.32. The fourth-order valence-electron chi connectivity index (χ4n) is 3.38. The number of hydrogen-bond acceptors (Lipinski definition) is 3. The van der Waals surface area contributed by atoms with Crippen LogP contribution in [0.2, 0.25) is 0 Å². The van der Waals surface area contributed by atoms with Crippen LogP contribution in [-0.2, 0) is 0 Å². The molecule has 3 heteroatoms. The quantitative estimate of drug-likeness (QED) is 0.395. The molecule has 2 nitrogen and oxygen atoms in total. The van der Waals surface area contributed by atoms with Crippen LogP contribution in [0, 0.1) is 5.92 Å². The molecule has 0 spiro atoms. The van der Waals surface area contributed by atoms with E-state index in [1.807, 2.05) is 6.07 Å². The Kier molecular flexibility index (Phi) is 6.69. The lowest BCUT2D eigenvalue weighted by molar-refractivity contribution is 0.0917. The summed E-state index contributed by atoms with van der Waals surface area (Å²) < 4.78 is 0. The zero-order chi connectivity index (χ0) is 20.1. The zero-order valence-electron chi connectivity index (χ0n) is 17.2. The van der Waals surface area contributed by atoms with Gasteiger partial charge in [-0.1, -0.05) is 52.0 Å². The molecule has 3 rings (SSSR count). The van der Waals surface area contributed by atoms with E-state index in [9.17, 15) is 4.79 Å². The third kappa shape index (κ3) is 4.71. The second-order valence-electron chi connectivity index (χ2n) is 7.53. The fraction of sp³-hybridized carbons (Fsp3) is 0.320. The van der Waals surface area contributed by atoms with Crippen LogP contribution in [0.25, 0.3) is 10.4 Å². The molecule has 28 heavy (non-hydrogen) atoms. The second kappa shape index (κ2) is 9.20. The van der Waals surface area contributed by atoms with E-state index in [0.717, 1.165) is 39.5 Å². The fourth-order valence-corrected chi connectivity index (χ4v) is 4.40. The smallest absolute Gasteiger partial charge is 0.175 e. The third-order valence-electron chi connectivity index (χ3n) is 5.19. The van der Waals surface area contributed by atoms with Crippen LogP contribution >= 0.6 is 11.3 Å². The summed E-state index contributed by atoms with van der Waals surface area (Å²) in [5, 5.41) is 3.51. The maximum absolute atomic E-state index is 12.6. The van der Waals surface area contributed by atoms with Crippen molar-refractivity contribution in [2.24, 2.45) is 5.92 Å². The average Bonchev–Trinajstić information content (AvgIpc) is 3.19. The number of Topliss-reactive ketones (excluding diaryl/α,β-unsaturated/α-hetero) is 1. The molecule has 0 atom stereocenters. The lowest BCUT2D eigenvalue weighted by Gasteiger charge is -2.11. The molecular formula is C25H29NOS. The molecule has 0 aliphatic carbocycles. The van der Waals surface area contributed by atoms with Crippen molar-refractivity contribution < 1.29 is 4.79 Å². The van der Waals surface area contributed by atoms with E-state index in [1.54, 1.807) is 11.3 Å². The van der Waals surface area contributed by atoms with Gasteiger partial charge in [0.15, 0.2) is 5.78 Å². The first-order valence-electron chi connectivity index (χ1n) is 10.1. The first kappa shape index (κ1) is 20.3. The van der Waals surface area contributed by atoms with Crippen LogP contribution in [0.3, 0.4) is 0 Å². The Morgan fingerprint density at radius 1 is 0.929 bits per heavy atom. The summed E-state index contributed by atoms with van der Waals surface area (Å²) in [7, 11) is 0. The predicted octanol–water partition coefficient (Wildman–Crippen LogP) is 7.90. The summed E-state index contributed by atoms with van der Waals surface area (Å²) in [6, 6.07) is 21.0. The summed E-state index contributed by atoms with van der Waals surface area (Å²) in [5.74, 6) is 0.916. The highest BCUT2D eigenvalue weighted by molar-refractivity contribution is 7.17. The number of rotatable bonds is 8. The molecule has 0 radical (unpaired) electrons. The van der Waals surface area contributed by atoms with Crippen LogP contribution in [0.1, 0.15) is 61.7 Å². The third-order valence-corrected chi connectivity index (χ3v) is 6.34. The van der Waals surface area contributed by atoms with Crippen molar-refractivity contribution in [3.63, 3.8) is 0 Å². The maximum Gasteiger partial charge on any atom is 0.175 e. The van der Waals surface area contributed by atoms with Gasteiger partial charge in [0, 0.05) is 22.2 Å². The second-order valence-corrected chi connectivity index (χ2v) is 8.61. The molecule has 1 aromatic heterocycles. The van der Waals surface area contributed by atoms with E-state index in [0.29, 0.717) is 5.92 Å². The SMILES string of the molecule is CCC(CC)C(=O)c1ccc(-c2cccc(Nc3cccc(C(C)C)c3)c2)s1. The molecule has 0 amide bonds. The molecule has 1 N–H and O–H groups in total. The van der Waals surface area contributed by atoms with Crippen molar-refractivity contribution in [1.82, 2.24) is 0 Å². The summed E-state index contributed by atoms with van der Waals surface area (Å²) in [5.41, 5.74) is 4.61.